The number of rotatable bonds is 3. The number of hydrogen-bond acceptors (Lipinski definition) is 5. The van der Waals surface area contributed by atoms with Crippen molar-refractivity contribution in [2.75, 3.05) is 0 Å². The van der Waals surface area contributed by atoms with Crippen molar-refractivity contribution >= 4 is 5.69 Å². The third-order valence-electron chi connectivity index (χ3n) is 2.41. The van der Waals surface area contributed by atoms with Gasteiger partial charge in [-0.25, -0.2) is 4.98 Å². The largest absolute Gasteiger partial charge is 0.444 e. The van der Waals surface area contributed by atoms with Crippen molar-refractivity contribution in [3.05, 3.63) is 45.8 Å². The van der Waals surface area contributed by atoms with Crippen LogP contribution in [0.2, 0.25) is 0 Å². The van der Waals surface area contributed by atoms with Crippen LogP contribution in [-0.2, 0) is 6.54 Å². The Kier molecular flexibility index (Phi) is 2.88. The highest BCUT2D eigenvalue weighted by atomic mass is 16.6. The molecule has 88 valence electrons. The smallest absolute Gasteiger partial charge is 0.284 e. The molecule has 0 aliphatic carbocycles. The molecular weight excluding hydrogens is 222 g/mol. The van der Waals surface area contributed by atoms with Gasteiger partial charge in [0, 0.05) is 12.1 Å². The molecule has 6 nitrogen and oxygen atoms in total. The highest BCUT2D eigenvalue weighted by molar-refractivity contribution is 5.69. The van der Waals surface area contributed by atoms with E-state index in [4.69, 9.17) is 10.2 Å². The maximum absolute atomic E-state index is 11.0. The lowest BCUT2D eigenvalue weighted by atomic mass is 10.1. The number of nitrogens with two attached hydrogens (primary N) is 1. The number of aryl methyl sites for hydroxylation is 1. The molecule has 0 atom stereocenters. The minimum Gasteiger partial charge on any atom is -0.444 e. The van der Waals surface area contributed by atoms with E-state index in [1.54, 1.807) is 25.1 Å². The first-order chi connectivity index (χ1) is 8.13. The van der Waals surface area contributed by atoms with Crippen LogP contribution in [0.1, 0.15) is 11.3 Å². The maximum atomic E-state index is 11.0. The third kappa shape index (κ3) is 2.02. The maximum Gasteiger partial charge on any atom is 0.284 e. The van der Waals surface area contributed by atoms with Crippen molar-refractivity contribution in [2.24, 2.45) is 5.73 Å². The summed E-state index contributed by atoms with van der Waals surface area (Å²) in [6, 6.07) is 5.01. The van der Waals surface area contributed by atoms with Gasteiger partial charge in [0.2, 0.25) is 5.89 Å². The number of oxazole rings is 1. The SMILES string of the molecule is Cc1cccc(-c2nc(CN)co2)c1[N+](=O)[O-]. The predicted octanol–water partition coefficient (Wildman–Crippen LogP) is 2.02. The lowest BCUT2D eigenvalue weighted by molar-refractivity contribution is -0.384. The van der Waals surface area contributed by atoms with Gasteiger partial charge >= 0.3 is 0 Å². The van der Waals surface area contributed by atoms with Gasteiger partial charge in [0.15, 0.2) is 0 Å². The Morgan fingerprint density at radius 2 is 2.29 bits per heavy atom. The van der Waals surface area contributed by atoms with Crippen molar-refractivity contribution < 1.29 is 9.34 Å². The first-order valence-corrected chi connectivity index (χ1v) is 5.02. The Hall–Kier alpha value is -2.21. The van der Waals surface area contributed by atoms with Crippen molar-refractivity contribution in [1.82, 2.24) is 4.98 Å². The zero-order chi connectivity index (χ0) is 12.4. The van der Waals surface area contributed by atoms with E-state index in [9.17, 15) is 10.1 Å². The third-order valence-corrected chi connectivity index (χ3v) is 2.41. The number of hydrogen-bond donors (Lipinski definition) is 1. The monoisotopic (exact) mass is 233 g/mol. The molecule has 0 aliphatic rings. The highest BCUT2D eigenvalue weighted by Crippen LogP contribution is 2.31. The number of nitrogens with zero attached hydrogens (tertiary/aromatic N) is 2. The lowest BCUT2D eigenvalue weighted by Crippen LogP contribution is -1.97. The highest BCUT2D eigenvalue weighted by Gasteiger charge is 2.21. The number of nitro benzene ring substituents is 1. The Labute approximate surface area is 97.2 Å². The van der Waals surface area contributed by atoms with E-state index in [0.717, 1.165) is 0 Å². The van der Waals surface area contributed by atoms with E-state index in [1.807, 2.05) is 0 Å². The molecule has 0 amide bonds. The summed E-state index contributed by atoms with van der Waals surface area (Å²) in [6.45, 7) is 1.91. The van der Waals surface area contributed by atoms with E-state index < -0.39 is 4.92 Å². The van der Waals surface area contributed by atoms with Crippen LogP contribution in [0.15, 0.2) is 28.9 Å². The van der Waals surface area contributed by atoms with Gasteiger partial charge < -0.3 is 10.2 Å². The van der Waals surface area contributed by atoms with Crippen LogP contribution in [-0.4, -0.2) is 9.91 Å². The second kappa shape index (κ2) is 4.34. The molecule has 2 aromatic rings. The summed E-state index contributed by atoms with van der Waals surface area (Å²) in [5.74, 6) is 0.223. The zero-order valence-corrected chi connectivity index (χ0v) is 9.21. The van der Waals surface area contributed by atoms with E-state index in [1.165, 1.54) is 6.26 Å². The normalized spacial score (nSPS) is 10.5. The lowest BCUT2D eigenvalue weighted by Gasteiger charge is -2.01. The Balaban J connectivity index is 2.58. The molecule has 2 rings (SSSR count). The quantitative estimate of drug-likeness (QED) is 0.646. The van der Waals surface area contributed by atoms with Crippen LogP contribution in [0.25, 0.3) is 11.5 Å². The zero-order valence-electron chi connectivity index (χ0n) is 9.21. The minimum atomic E-state index is -0.434. The average molecular weight is 233 g/mol. The molecule has 1 aromatic heterocycles. The summed E-state index contributed by atoms with van der Waals surface area (Å²) in [6.07, 6.45) is 1.40. The molecule has 6 heteroatoms. The fourth-order valence-electron chi connectivity index (χ4n) is 1.60. The van der Waals surface area contributed by atoms with Crippen molar-refractivity contribution in [2.45, 2.75) is 13.5 Å². The molecule has 0 fully saturated rings. The summed E-state index contributed by atoms with van der Waals surface area (Å²) in [4.78, 5) is 14.7. The van der Waals surface area contributed by atoms with Crippen LogP contribution in [0, 0.1) is 17.0 Å². The van der Waals surface area contributed by atoms with Gasteiger partial charge in [-0.15, -0.1) is 0 Å². The van der Waals surface area contributed by atoms with Crippen LogP contribution >= 0.6 is 0 Å². The van der Waals surface area contributed by atoms with Crippen LogP contribution in [0.3, 0.4) is 0 Å². The van der Waals surface area contributed by atoms with Crippen LogP contribution in [0.4, 0.5) is 5.69 Å². The van der Waals surface area contributed by atoms with Gasteiger partial charge in [0.25, 0.3) is 5.69 Å². The first-order valence-electron chi connectivity index (χ1n) is 5.02. The van der Waals surface area contributed by atoms with Crippen molar-refractivity contribution in [1.29, 1.82) is 0 Å². The van der Waals surface area contributed by atoms with Crippen LogP contribution < -0.4 is 5.73 Å². The molecule has 1 heterocycles. The second-order valence-electron chi connectivity index (χ2n) is 3.58. The topological polar surface area (TPSA) is 95.2 Å². The predicted molar refractivity (Wildman–Crippen MR) is 61.2 cm³/mol. The van der Waals surface area contributed by atoms with Gasteiger partial charge in [-0.05, 0) is 13.0 Å². The fraction of sp³-hybridized carbons (Fsp3) is 0.182. The molecule has 2 N–H and O–H groups in total. The van der Waals surface area contributed by atoms with E-state index >= 15 is 0 Å². The van der Waals surface area contributed by atoms with Crippen molar-refractivity contribution in [3.8, 4) is 11.5 Å². The van der Waals surface area contributed by atoms with E-state index in [2.05, 4.69) is 4.98 Å². The van der Waals surface area contributed by atoms with E-state index in [0.29, 0.717) is 16.8 Å². The molecule has 17 heavy (non-hydrogen) atoms. The average Bonchev–Trinajstić information content (AvgIpc) is 2.76. The Bertz CT molecular complexity index is 563. The van der Waals surface area contributed by atoms with E-state index in [-0.39, 0.29) is 18.1 Å². The van der Waals surface area contributed by atoms with Gasteiger partial charge in [-0.1, -0.05) is 12.1 Å². The molecule has 0 saturated carbocycles. The summed E-state index contributed by atoms with van der Waals surface area (Å²) < 4.78 is 5.19. The standard InChI is InChI=1S/C11H11N3O3/c1-7-3-2-4-9(10(7)14(15)16)11-13-8(5-12)6-17-11/h2-4,6H,5,12H2,1H3. The summed E-state index contributed by atoms with van der Waals surface area (Å²) in [5.41, 5.74) is 6.93. The first kappa shape index (κ1) is 11.3. The van der Waals surface area contributed by atoms with Gasteiger partial charge in [0.1, 0.15) is 11.8 Å². The number of nitro groups is 1. The van der Waals surface area contributed by atoms with Gasteiger partial charge in [0.05, 0.1) is 10.6 Å². The number of para-hydroxylation sites is 1. The fourth-order valence-corrected chi connectivity index (χ4v) is 1.60. The summed E-state index contributed by atoms with van der Waals surface area (Å²) >= 11 is 0. The van der Waals surface area contributed by atoms with Crippen molar-refractivity contribution in [3.63, 3.8) is 0 Å². The molecule has 0 bridgehead atoms. The molecule has 0 spiro atoms. The Morgan fingerprint density at radius 3 is 2.88 bits per heavy atom. The van der Waals surface area contributed by atoms with Gasteiger partial charge in [-0.2, -0.15) is 0 Å². The second-order valence-corrected chi connectivity index (χ2v) is 3.58. The number of benzene rings is 1. The van der Waals surface area contributed by atoms with Gasteiger partial charge in [-0.3, -0.25) is 10.1 Å². The molecule has 0 aliphatic heterocycles. The van der Waals surface area contributed by atoms with Crippen LogP contribution in [0.5, 0.6) is 0 Å². The summed E-state index contributed by atoms with van der Waals surface area (Å²) in [7, 11) is 0. The molecular formula is C11H11N3O3. The Morgan fingerprint density at radius 1 is 1.53 bits per heavy atom. The molecule has 1 aromatic carbocycles. The minimum absolute atomic E-state index is 0.0120. The molecule has 0 unspecified atom stereocenters. The molecule has 0 saturated heterocycles. The summed E-state index contributed by atoms with van der Waals surface area (Å²) in [5, 5.41) is 11.0. The molecule has 0 radical (unpaired) electrons. The number of aromatic nitrogens is 1.